The summed E-state index contributed by atoms with van der Waals surface area (Å²) in [6, 6.07) is 8.83. The number of aromatic nitrogens is 1. The lowest BCUT2D eigenvalue weighted by atomic mass is 10.1. The molecule has 2 rings (SSSR count). The molecule has 2 atom stereocenters. The van der Waals surface area contributed by atoms with Gasteiger partial charge in [-0.2, -0.15) is 0 Å². The minimum atomic E-state index is -0.287. The van der Waals surface area contributed by atoms with Crippen molar-refractivity contribution in [2.24, 2.45) is 5.92 Å². The van der Waals surface area contributed by atoms with Crippen molar-refractivity contribution in [1.82, 2.24) is 10.3 Å². The van der Waals surface area contributed by atoms with Crippen molar-refractivity contribution in [3.8, 4) is 0 Å². The molecule has 1 amide bonds. The molecule has 0 saturated carbocycles. The zero-order valence-corrected chi connectivity index (χ0v) is 12.2. The highest BCUT2D eigenvalue weighted by Gasteiger charge is 2.17. The zero-order chi connectivity index (χ0) is 14.7. The maximum Gasteiger partial charge on any atom is 0.270 e. The Kier molecular flexibility index (Phi) is 4.57. The number of nitrogens with zero attached hydrogens (tertiary/aromatic N) is 1. The lowest BCUT2D eigenvalue weighted by Gasteiger charge is -2.19. The minimum Gasteiger partial charge on any atom is -0.396 e. The molecule has 0 spiro atoms. The van der Waals surface area contributed by atoms with Gasteiger partial charge in [0.15, 0.2) is 0 Å². The summed E-state index contributed by atoms with van der Waals surface area (Å²) >= 11 is 6.17. The first-order valence-electron chi connectivity index (χ1n) is 6.50. The van der Waals surface area contributed by atoms with Gasteiger partial charge in [-0.15, -0.1) is 0 Å². The minimum absolute atomic E-state index is 0.0186. The number of benzene rings is 1. The van der Waals surface area contributed by atoms with E-state index in [2.05, 4.69) is 10.3 Å². The van der Waals surface area contributed by atoms with E-state index in [-0.39, 0.29) is 30.2 Å². The molecule has 5 heteroatoms. The molecule has 0 bridgehead atoms. The quantitative estimate of drug-likeness (QED) is 0.910. The van der Waals surface area contributed by atoms with Gasteiger partial charge in [0, 0.05) is 18.0 Å². The normalized spacial score (nSPS) is 14.0. The van der Waals surface area contributed by atoms with Crippen LogP contribution in [0.1, 0.15) is 24.3 Å². The third kappa shape index (κ3) is 3.08. The fraction of sp³-hybridized carbons (Fsp3) is 0.333. The Bertz CT molecular complexity index is 630. The van der Waals surface area contributed by atoms with Crippen LogP contribution in [-0.2, 0) is 0 Å². The first-order chi connectivity index (χ1) is 9.52. The molecule has 0 radical (unpaired) electrons. The highest BCUT2D eigenvalue weighted by atomic mass is 35.5. The Hall–Kier alpha value is -1.65. The lowest BCUT2D eigenvalue weighted by Crippen LogP contribution is -2.38. The van der Waals surface area contributed by atoms with Crippen LogP contribution in [0.3, 0.4) is 0 Å². The fourth-order valence-corrected chi connectivity index (χ4v) is 2.09. The van der Waals surface area contributed by atoms with Gasteiger partial charge in [0.2, 0.25) is 0 Å². The van der Waals surface area contributed by atoms with Crippen molar-refractivity contribution in [1.29, 1.82) is 0 Å². The van der Waals surface area contributed by atoms with Crippen LogP contribution >= 0.6 is 11.6 Å². The molecule has 1 aromatic heterocycles. The number of aliphatic hydroxyl groups excluding tert-OH is 1. The first-order valence-corrected chi connectivity index (χ1v) is 6.87. The van der Waals surface area contributed by atoms with E-state index >= 15 is 0 Å². The number of carbonyl (C=O) groups is 1. The van der Waals surface area contributed by atoms with Gasteiger partial charge in [-0.3, -0.25) is 4.79 Å². The number of carbonyl (C=O) groups excluding carboxylic acids is 1. The Morgan fingerprint density at radius 1 is 1.40 bits per heavy atom. The molecule has 0 aliphatic carbocycles. The molecular formula is C15H17ClN2O2. The second-order valence-electron chi connectivity index (χ2n) is 4.93. The van der Waals surface area contributed by atoms with Gasteiger partial charge in [0.1, 0.15) is 5.69 Å². The Labute approximate surface area is 122 Å². The van der Waals surface area contributed by atoms with E-state index in [1.54, 1.807) is 6.07 Å². The first kappa shape index (κ1) is 14.8. The summed E-state index contributed by atoms with van der Waals surface area (Å²) in [5, 5.41) is 13.2. The van der Waals surface area contributed by atoms with Crippen LogP contribution in [0, 0.1) is 5.92 Å². The smallest absolute Gasteiger partial charge is 0.270 e. The molecule has 2 aromatic rings. The molecule has 0 saturated heterocycles. The number of rotatable bonds is 4. The van der Waals surface area contributed by atoms with Gasteiger partial charge < -0.3 is 10.4 Å². The summed E-state index contributed by atoms with van der Waals surface area (Å²) in [4.78, 5) is 16.5. The van der Waals surface area contributed by atoms with Crippen LogP contribution in [-0.4, -0.2) is 28.6 Å². The van der Waals surface area contributed by atoms with Crippen LogP contribution in [0.5, 0.6) is 0 Å². The number of aliphatic hydroxyl groups is 1. The summed E-state index contributed by atoms with van der Waals surface area (Å²) in [6.45, 7) is 3.74. The SMILES string of the molecule is CC(CO)C(C)NC(=O)c1cc(Cl)c2ccccc2n1. The number of fused-ring (bicyclic) bond motifs is 1. The predicted octanol–water partition coefficient (Wildman–Crippen LogP) is 2.63. The largest absolute Gasteiger partial charge is 0.396 e. The molecule has 1 heterocycles. The molecule has 0 aliphatic heterocycles. The molecule has 2 N–H and O–H groups in total. The third-order valence-electron chi connectivity index (χ3n) is 3.40. The van der Waals surface area contributed by atoms with Crippen LogP contribution in [0.4, 0.5) is 0 Å². The van der Waals surface area contributed by atoms with Gasteiger partial charge in [-0.25, -0.2) is 4.98 Å². The van der Waals surface area contributed by atoms with Crippen molar-refractivity contribution in [2.75, 3.05) is 6.61 Å². The summed E-state index contributed by atoms with van der Waals surface area (Å²) in [5.41, 5.74) is 0.971. The number of pyridine rings is 1. The van der Waals surface area contributed by atoms with E-state index in [0.29, 0.717) is 10.5 Å². The van der Waals surface area contributed by atoms with E-state index in [9.17, 15) is 4.79 Å². The second-order valence-corrected chi connectivity index (χ2v) is 5.34. The number of para-hydroxylation sites is 1. The van der Waals surface area contributed by atoms with E-state index in [4.69, 9.17) is 16.7 Å². The monoisotopic (exact) mass is 292 g/mol. The summed E-state index contributed by atoms with van der Waals surface area (Å²) in [7, 11) is 0. The van der Waals surface area contributed by atoms with Crippen LogP contribution < -0.4 is 5.32 Å². The predicted molar refractivity (Wildman–Crippen MR) is 79.9 cm³/mol. The topological polar surface area (TPSA) is 62.2 Å². The molecular weight excluding hydrogens is 276 g/mol. The average molecular weight is 293 g/mol. The summed E-state index contributed by atoms with van der Waals surface area (Å²) in [5.74, 6) is -0.305. The van der Waals surface area contributed by atoms with E-state index in [1.165, 1.54) is 0 Å². The molecule has 1 aromatic carbocycles. The van der Waals surface area contributed by atoms with E-state index in [0.717, 1.165) is 5.39 Å². The van der Waals surface area contributed by atoms with E-state index in [1.807, 2.05) is 38.1 Å². The second kappa shape index (κ2) is 6.20. The zero-order valence-electron chi connectivity index (χ0n) is 11.4. The Morgan fingerprint density at radius 3 is 2.80 bits per heavy atom. The maximum absolute atomic E-state index is 12.2. The molecule has 20 heavy (non-hydrogen) atoms. The van der Waals surface area contributed by atoms with Crippen molar-refractivity contribution in [3.63, 3.8) is 0 Å². The Balaban J connectivity index is 2.27. The van der Waals surface area contributed by atoms with Crippen molar-refractivity contribution < 1.29 is 9.90 Å². The number of halogens is 1. The van der Waals surface area contributed by atoms with E-state index < -0.39 is 0 Å². The van der Waals surface area contributed by atoms with Crippen LogP contribution in [0.2, 0.25) is 5.02 Å². The van der Waals surface area contributed by atoms with Crippen LogP contribution in [0.25, 0.3) is 10.9 Å². The highest BCUT2D eigenvalue weighted by Crippen LogP contribution is 2.22. The summed E-state index contributed by atoms with van der Waals surface area (Å²) in [6.07, 6.45) is 0. The van der Waals surface area contributed by atoms with Gasteiger partial charge in [0.05, 0.1) is 10.5 Å². The number of amides is 1. The highest BCUT2D eigenvalue weighted by molar-refractivity contribution is 6.35. The van der Waals surface area contributed by atoms with Gasteiger partial charge >= 0.3 is 0 Å². The maximum atomic E-state index is 12.2. The van der Waals surface area contributed by atoms with Crippen molar-refractivity contribution in [2.45, 2.75) is 19.9 Å². The molecule has 0 aliphatic rings. The number of nitrogens with one attached hydrogen (secondary N) is 1. The van der Waals surface area contributed by atoms with Crippen LogP contribution in [0.15, 0.2) is 30.3 Å². The Morgan fingerprint density at radius 2 is 2.10 bits per heavy atom. The molecule has 106 valence electrons. The standard InChI is InChI=1S/C15H17ClN2O2/c1-9(8-19)10(2)17-15(20)14-7-12(16)11-5-3-4-6-13(11)18-14/h3-7,9-10,19H,8H2,1-2H3,(H,17,20). The van der Waals surface area contributed by atoms with Crippen molar-refractivity contribution in [3.05, 3.63) is 41.0 Å². The molecule has 2 unspecified atom stereocenters. The van der Waals surface area contributed by atoms with Gasteiger partial charge in [-0.05, 0) is 25.0 Å². The third-order valence-corrected chi connectivity index (χ3v) is 3.71. The molecule has 4 nitrogen and oxygen atoms in total. The fourth-order valence-electron chi connectivity index (χ4n) is 1.83. The van der Waals surface area contributed by atoms with Gasteiger partial charge in [0.25, 0.3) is 5.91 Å². The summed E-state index contributed by atoms with van der Waals surface area (Å²) < 4.78 is 0. The number of hydrogen-bond donors (Lipinski definition) is 2. The van der Waals surface area contributed by atoms with Gasteiger partial charge in [-0.1, -0.05) is 36.7 Å². The molecule has 0 fully saturated rings. The lowest BCUT2D eigenvalue weighted by molar-refractivity contribution is 0.0911. The number of hydrogen-bond acceptors (Lipinski definition) is 3. The van der Waals surface area contributed by atoms with Crippen molar-refractivity contribution >= 4 is 28.4 Å². The average Bonchev–Trinajstić information content (AvgIpc) is 2.46.